The molecule has 3 rings (SSSR count). The SMILES string of the molecule is CCc1ccc2c(CNCc3ccc(Cl)cc3Cl)cc(=O)oc2c1. The first kappa shape index (κ1) is 17.0. The maximum atomic E-state index is 11.8. The van der Waals surface area contributed by atoms with Gasteiger partial charge in [0.15, 0.2) is 0 Å². The van der Waals surface area contributed by atoms with Crippen molar-refractivity contribution in [1.82, 2.24) is 5.32 Å². The van der Waals surface area contributed by atoms with Gasteiger partial charge in [0.05, 0.1) is 0 Å². The normalized spacial score (nSPS) is 11.1. The van der Waals surface area contributed by atoms with Gasteiger partial charge in [-0.3, -0.25) is 0 Å². The van der Waals surface area contributed by atoms with Crippen molar-refractivity contribution in [2.75, 3.05) is 0 Å². The summed E-state index contributed by atoms with van der Waals surface area (Å²) in [5.41, 5.74) is 3.31. The molecule has 0 bridgehead atoms. The first-order valence-corrected chi connectivity index (χ1v) is 8.52. The van der Waals surface area contributed by atoms with E-state index in [1.807, 2.05) is 24.3 Å². The van der Waals surface area contributed by atoms with Gasteiger partial charge in [-0.05, 0) is 41.3 Å². The molecule has 124 valence electrons. The minimum absolute atomic E-state index is 0.336. The van der Waals surface area contributed by atoms with Crippen LogP contribution in [0.15, 0.2) is 51.7 Å². The molecular formula is C19H17Cl2NO2. The van der Waals surface area contributed by atoms with Gasteiger partial charge in [-0.25, -0.2) is 4.79 Å². The molecule has 2 aromatic carbocycles. The fraction of sp³-hybridized carbons (Fsp3) is 0.211. The highest BCUT2D eigenvalue weighted by molar-refractivity contribution is 6.35. The molecule has 0 fully saturated rings. The Balaban J connectivity index is 1.81. The van der Waals surface area contributed by atoms with Gasteiger partial charge in [-0.1, -0.05) is 48.3 Å². The third-order valence-corrected chi connectivity index (χ3v) is 4.54. The summed E-state index contributed by atoms with van der Waals surface area (Å²) in [7, 11) is 0. The minimum atomic E-state index is -0.336. The standard InChI is InChI=1S/C19H17Cl2NO2/c1-2-12-3-6-16-14(8-19(23)24-18(16)7-12)11-22-10-13-4-5-15(20)9-17(13)21/h3-9,22H,2,10-11H2,1H3. The van der Waals surface area contributed by atoms with Crippen LogP contribution in [0.5, 0.6) is 0 Å². The number of hydrogen-bond donors (Lipinski definition) is 1. The Morgan fingerprint density at radius 1 is 1.00 bits per heavy atom. The molecule has 0 radical (unpaired) electrons. The summed E-state index contributed by atoms with van der Waals surface area (Å²) in [6.07, 6.45) is 0.900. The highest BCUT2D eigenvalue weighted by atomic mass is 35.5. The van der Waals surface area contributed by atoms with Crippen LogP contribution in [-0.4, -0.2) is 0 Å². The predicted octanol–water partition coefficient (Wildman–Crippen LogP) is 4.95. The largest absolute Gasteiger partial charge is 0.423 e. The Hall–Kier alpha value is -1.81. The van der Waals surface area contributed by atoms with Crippen LogP contribution in [0.4, 0.5) is 0 Å². The Morgan fingerprint density at radius 3 is 2.54 bits per heavy atom. The molecule has 0 amide bonds. The summed E-state index contributed by atoms with van der Waals surface area (Å²) >= 11 is 12.1. The molecule has 0 atom stereocenters. The van der Waals surface area contributed by atoms with Crippen LogP contribution in [0.3, 0.4) is 0 Å². The van der Waals surface area contributed by atoms with E-state index < -0.39 is 0 Å². The Morgan fingerprint density at radius 2 is 1.79 bits per heavy atom. The van der Waals surface area contributed by atoms with Crippen LogP contribution in [0.2, 0.25) is 10.0 Å². The first-order chi connectivity index (χ1) is 11.6. The van der Waals surface area contributed by atoms with Crippen LogP contribution in [-0.2, 0) is 19.5 Å². The van der Waals surface area contributed by atoms with Crippen LogP contribution < -0.4 is 10.9 Å². The van der Waals surface area contributed by atoms with Gasteiger partial charge in [-0.2, -0.15) is 0 Å². The van der Waals surface area contributed by atoms with Gasteiger partial charge in [0.2, 0.25) is 0 Å². The van der Waals surface area contributed by atoms with E-state index in [-0.39, 0.29) is 5.63 Å². The molecule has 0 unspecified atom stereocenters. The monoisotopic (exact) mass is 361 g/mol. The quantitative estimate of drug-likeness (QED) is 0.653. The van der Waals surface area contributed by atoms with E-state index in [0.29, 0.717) is 28.7 Å². The number of aryl methyl sites for hydroxylation is 1. The second kappa shape index (κ2) is 7.39. The van der Waals surface area contributed by atoms with Crippen molar-refractivity contribution in [3.8, 4) is 0 Å². The summed E-state index contributed by atoms with van der Waals surface area (Å²) in [6, 6.07) is 12.9. The van der Waals surface area contributed by atoms with E-state index >= 15 is 0 Å². The van der Waals surface area contributed by atoms with E-state index in [4.69, 9.17) is 27.6 Å². The second-order valence-electron chi connectivity index (χ2n) is 5.61. The number of rotatable bonds is 5. The molecular weight excluding hydrogens is 345 g/mol. The van der Waals surface area contributed by atoms with E-state index in [0.717, 1.165) is 28.5 Å². The van der Waals surface area contributed by atoms with Crippen molar-refractivity contribution in [2.45, 2.75) is 26.4 Å². The van der Waals surface area contributed by atoms with E-state index in [1.165, 1.54) is 6.07 Å². The Labute approximate surface area is 150 Å². The Kier molecular flexibility index (Phi) is 5.24. The molecule has 24 heavy (non-hydrogen) atoms. The molecule has 0 aliphatic carbocycles. The number of halogens is 2. The molecule has 0 saturated carbocycles. The van der Waals surface area contributed by atoms with Gasteiger partial charge in [0.25, 0.3) is 0 Å². The molecule has 1 heterocycles. The van der Waals surface area contributed by atoms with Crippen molar-refractivity contribution in [3.63, 3.8) is 0 Å². The van der Waals surface area contributed by atoms with Gasteiger partial charge >= 0.3 is 5.63 Å². The number of hydrogen-bond acceptors (Lipinski definition) is 3. The fourth-order valence-electron chi connectivity index (χ4n) is 2.64. The molecule has 1 N–H and O–H groups in total. The molecule has 5 heteroatoms. The summed E-state index contributed by atoms with van der Waals surface area (Å²) in [6.45, 7) is 3.21. The fourth-order valence-corrected chi connectivity index (χ4v) is 3.11. The zero-order valence-electron chi connectivity index (χ0n) is 13.2. The van der Waals surface area contributed by atoms with Crippen molar-refractivity contribution < 1.29 is 4.42 Å². The lowest BCUT2D eigenvalue weighted by atomic mass is 10.1. The summed E-state index contributed by atoms with van der Waals surface area (Å²) in [4.78, 5) is 11.8. The van der Waals surface area contributed by atoms with Crippen molar-refractivity contribution >= 4 is 34.2 Å². The van der Waals surface area contributed by atoms with Crippen LogP contribution >= 0.6 is 23.2 Å². The van der Waals surface area contributed by atoms with Crippen LogP contribution in [0.1, 0.15) is 23.6 Å². The van der Waals surface area contributed by atoms with E-state index in [1.54, 1.807) is 6.07 Å². The second-order valence-corrected chi connectivity index (χ2v) is 6.46. The third-order valence-electron chi connectivity index (χ3n) is 3.95. The smallest absolute Gasteiger partial charge is 0.336 e. The highest BCUT2D eigenvalue weighted by Crippen LogP contribution is 2.22. The topological polar surface area (TPSA) is 42.2 Å². The van der Waals surface area contributed by atoms with Gasteiger partial charge in [0, 0.05) is 34.6 Å². The minimum Gasteiger partial charge on any atom is -0.423 e. The summed E-state index contributed by atoms with van der Waals surface area (Å²) < 4.78 is 5.32. The Bertz CT molecular complexity index is 934. The van der Waals surface area contributed by atoms with Gasteiger partial charge in [-0.15, -0.1) is 0 Å². The van der Waals surface area contributed by atoms with E-state index in [9.17, 15) is 4.79 Å². The maximum Gasteiger partial charge on any atom is 0.336 e. The van der Waals surface area contributed by atoms with Crippen LogP contribution in [0, 0.1) is 0 Å². The van der Waals surface area contributed by atoms with Gasteiger partial charge in [0.1, 0.15) is 5.58 Å². The first-order valence-electron chi connectivity index (χ1n) is 7.77. The summed E-state index contributed by atoms with van der Waals surface area (Å²) in [5.74, 6) is 0. The van der Waals surface area contributed by atoms with Crippen LogP contribution in [0.25, 0.3) is 11.0 Å². The zero-order valence-corrected chi connectivity index (χ0v) is 14.7. The lowest BCUT2D eigenvalue weighted by molar-refractivity contribution is 0.556. The molecule has 3 nitrogen and oxygen atoms in total. The predicted molar refractivity (Wildman–Crippen MR) is 98.9 cm³/mol. The molecule has 0 aliphatic heterocycles. The van der Waals surface area contributed by atoms with Crippen molar-refractivity contribution in [2.24, 2.45) is 0 Å². The molecule has 3 aromatic rings. The number of nitrogens with one attached hydrogen (secondary N) is 1. The zero-order chi connectivity index (χ0) is 17.1. The molecule has 0 spiro atoms. The average Bonchev–Trinajstić information content (AvgIpc) is 2.56. The third kappa shape index (κ3) is 3.81. The van der Waals surface area contributed by atoms with E-state index in [2.05, 4.69) is 18.3 Å². The molecule has 0 saturated heterocycles. The van der Waals surface area contributed by atoms with Gasteiger partial charge < -0.3 is 9.73 Å². The molecule has 1 aromatic heterocycles. The highest BCUT2D eigenvalue weighted by Gasteiger charge is 2.07. The lowest BCUT2D eigenvalue weighted by Gasteiger charge is -2.09. The average molecular weight is 362 g/mol. The van der Waals surface area contributed by atoms with Crippen molar-refractivity contribution in [1.29, 1.82) is 0 Å². The molecule has 0 aliphatic rings. The number of fused-ring (bicyclic) bond motifs is 1. The maximum absolute atomic E-state index is 11.8. The number of benzene rings is 2. The van der Waals surface area contributed by atoms with Crippen molar-refractivity contribution in [3.05, 3.63) is 79.6 Å². The summed E-state index contributed by atoms with van der Waals surface area (Å²) in [5, 5.41) is 5.50. The lowest BCUT2D eigenvalue weighted by Crippen LogP contribution is -2.15.